The highest BCUT2D eigenvalue weighted by Crippen LogP contribution is 2.35. The average Bonchev–Trinajstić information content (AvgIpc) is 2.19. The smallest absolute Gasteiger partial charge is 0.407 e. The number of nitrogens with one attached hydrogen (secondary N) is 1. The molecule has 16 heavy (non-hydrogen) atoms. The molecule has 0 saturated carbocycles. The van der Waals surface area contributed by atoms with Crippen molar-refractivity contribution in [1.82, 2.24) is 5.32 Å². The van der Waals surface area contributed by atoms with E-state index in [1.165, 1.54) is 32.4 Å². The Morgan fingerprint density at radius 2 is 2.00 bits per heavy atom. The Balaban J connectivity index is 3.12. The predicted molar refractivity (Wildman–Crippen MR) is 55.9 cm³/mol. The zero-order chi connectivity index (χ0) is 12.3. The summed E-state index contributed by atoms with van der Waals surface area (Å²) in [6.07, 6.45) is -4.35. The van der Waals surface area contributed by atoms with Crippen molar-refractivity contribution in [2.24, 2.45) is 0 Å². The lowest BCUT2D eigenvalue weighted by molar-refractivity contribution is -0.156. The SMILES string of the molecule is CNC(c1ccc(Cl)c(OC)c1)C(F)(F)F. The summed E-state index contributed by atoms with van der Waals surface area (Å²) < 4.78 is 42.7. The number of halogens is 4. The lowest BCUT2D eigenvalue weighted by Gasteiger charge is -2.20. The third-order valence-corrected chi connectivity index (χ3v) is 2.44. The van der Waals surface area contributed by atoms with Crippen LogP contribution in [0, 0.1) is 0 Å². The Morgan fingerprint density at radius 3 is 2.44 bits per heavy atom. The van der Waals surface area contributed by atoms with Gasteiger partial charge in [-0.25, -0.2) is 0 Å². The topological polar surface area (TPSA) is 21.3 Å². The molecule has 0 saturated heterocycles. The minimum atomic E-state index is -4.35. The van der Waals surface area contributed by atoms with Gasteiger partial charge in [-0.2, -0.15) is 13.2 Å². The van der Waals surface area contributed by atoms with E-state index in [-0.39, 0.29) is 16.3 Å². The molecule has 0 aliphatic carbocycles. The van der Waals surface area contributed by atoms with Gasteiger partial charge in [-0.05, 0) is 24.7 Å². The van der Waals surface area contributed by atoms with Gasteiger partial charge in [-0.3, -0.25) is 0 Å². The average molecular weight is 254 g/mol. The minimum absolute atomic E-state index is 0.0660. The molecule has 0 aromatic heterocycles. The van der Waals surface area contributed by atoms with Crippen LogP contribution in [0.3, 0.4) is 0 Å². The third kappa shape index (κ3) is 2.80. The maximum atomic E-state index is 12.6. The molecular formula is C10H11ClF3NO. The summed E-state index contributed by atoms with van der Waals surface area (Å²) in [4.78, 5) is 0. The molecule has 1 aromatic carbocycles. The Bertz CT molecular complexity index is 368. The fraction of sp³-hybridized carbons (Fsp3) is 0.400. The molecule has 0 radical (unpaired) electrons. The fourth-order valence-corrected chi connectivity index (χ4v) is 1.57. The van der Waals surface area contributed by atoms with Crippen LogP contribution in [-0.2, 0) is 0 Å². The first kappa shape index (κ1) is 13.1. The van der Waals surface area contributed by atoms with Crippen LogP contribution < -0.4 is 10.1 Å². The molecule has 0 aliphatic rings. The maximum absolute atomic E-state index is 12.6. The van der Waals surface area contributed by atoms with Gasteiger partial charge in [0.25, 0.3) is 0 Å². The number of benzene rings is 1. The van der Waals surface area contributed by atoms with Gasteiger partial charge in [0, 0.05) is 0 Å². The monoisotopic (exact) mass is 253 g/mol. The fourth-order valence-electron chi connectivity index (χ4n) is 1.38. The lowest BCUT2D eigenvalue weighted by atomic mass is 10.1. The van der Waals surface area contributed by atoms with Gasteiger partial charge in [0.05, 0.1) is 12.1 Å². The number of hydrogen-bond acceptors (Lipinski definition) is 2. The number of methoxy groups -OCH3 is 1. The largest absolute Gasteiger partial charge is 0.495 e. The van der Waals surface area contributed by atoms with Crippen LogP contribution in [-0.4, -0.2) is 20.3 Å². The van der Waals surface area contributed by atoms with Crippen molar-refractivity contribution in [3.63, 3.8) is 0 Å². The molecule has 0 heterocycles. The normalized spacial score (nSPS) is 13.6. The summed E-state index contributed by atoms with van der Waals surface area (Å²) in [5.74, 6) is 0.226. The van der Waals surface area contributed by atoms with Gasteiger partial charge < -0.3 is 10.1 Å². The molecule has 0 spiro atoms. The summed E-state index contributed by atoms with van der Waals surface area (Å²) in [7, 11) is 2.60. The van der Waals surface area contributed by atoms with Gasteiger partial charge in [0.15, 0.2) is 0 Å². The molecule has 1 aromatic rings. The highest BCUT2D eigenvalue weighted by atomic mass is 35.5. The zero-order valence-electron chi connectivity index (χ0n) is 8.73. The maximum Gasteiger partial charge on any atom is 0.407 e. The highest BCUT2D eigenvalue weighted by molar-refractivity contribution is 6.32. The van der Waals surface area contributed by atoms with Crippen LogP contribution in [0.25, 0.3) is 0 Å². The second-order valence-electron chi connectivity index (χ2n) is 3.16. The first-order valence-corrected chi connectivity index (χ1v) is 4.85. The molecule has 1 N–H and O–H groups in total. The molecule has 0 aliphatic heterocycles. The van der Waals surface area contributed by atoms with Crippen LogP contribution in [0.5, 0.6) is 5.75 Å². The highest BCUT2D eigenvalue weighted by Gasteiger charge is 2.39. The second kappa shape index (κ2) is 4.93. The van der Waals surface area contributed by atoms with E-state index in [1.54, 1.807) is 0 Å². The van der Waals surface area contributed by atoms with E-state index in [2.05, 4.69) is 5.32 Å². The van der Waals surface area contributed by atoms with Crippen molar-refractivity contribution in [1.29, 1.82) is 0 Å². The van der Waals surface area contributed by atoms with Gasteiger partial charge in [-0.1, -0.05) is 17.7 Å². The van der Waals surface area contributed by atoms with E-state index in [0.29, 0.717) is 0 Å². The molecule has 0 bridgehead atoms. The summed E-state index contributed by atoms with van der Waals surface area (Å²) in [5.41, 5.74) is 0.0660. The molecule has 2 nitrogen and oxygen atoms in total. The van der Waals surface area contributed by atoms with E-state index in [0.717, 1.165) is 0 Å². The molecule has 0 amide bonds. The van der Waals surface area contributed by atoms with Crippen molar-refractivity contribution in [2.75, 3.05) is 14.2 Å². The molecule has 1 atom stereocenters. The molecule has 1 rings (SSSR count). The van der Waals surface area contributed by atoms with Crippen LogP contribution in [0.15, 0.2) is 18.2 Å². The van der Waals surface area contributed by atoms with Crippen molar-refractivity contribution < 1.29 is 17.9 Å². The van der Waals surface area contributed by atoms with Crippen LogP contribution in [0.2, 0.25) is 5.02 Å². The Labute approximate surface area is 96.4 Å². The first-order chi connectivity index (χ1) is 7.40. The lowest BCUT2D eigenvalue weighted by Crippen LogP contribution is -2.31. The molecule has 90 valence electrons. The summed E-state index contributed by atoms with van der Waals surface area (Å²) in [5, 5.41) is 2.49. The van der Waals surface area contributed by atoms with Gasteiger partial charge in [0.2, 0.25) is 0 Å². The molecule has 0 fully saturated rings. The summed E-state index contributed by atoms with van der Waals surface area (Å²) >= 11 is 5.73. The van der Waals surface area contributed by atoms with E-state index >= 15 is 0 Å². The van der Waals surface area contributed by atoms with Crippen molar-refractivity contribution >= 4 is 11.6 Å². The molecule has 1 unspecified atom stereocenters. The Kier molecular flexibility index (Phi) is 4.04. The van der Waals surface area contributed by atoms with Gasteiger partial charge in [-0.15, -0.1) is 0 Å². The number of hydrogen-bond donors (Lipinski definition) is 1. The van der Waals surface area contributed by atoms with Crippen molar-refractivity contribution in [3.05, 3.63) is 28.8 Å². The summed E-state index contributed by atoms with van der Waals surface area (Å²) in [6, 6.07) is 2.25. The van der Waals surface area contributed by atoms with Crippen LogP contribution in [0.4, 0.5) is 13.2 Å². The molecular weight excluding hydrogens is 243 g/mol. The quantitative estimate of drug-likeness (QED) is 0.893. The Hall–Kier alpha value is -0.940. The number of alkyl halides is 3. The third-order valence-electron chi connectivity index (χ3n) is 2.12. The van der Waals surface area contributed by atoms with E-state index < -0.39 is 12.2 Å². The van der Waals surface area contributed by atoms with Crippen molar-refractivity contribution in [3.8, 4) is 5.75 Å². The second-order valence-corrected chi connectivity index (χ2v) is 3.56. The first-order valence-electron chi connectivity index (χ1n) is 4.47. The van der Waals surface area contributed by atoms with E-state index in [4.69, 9.17) is 16.3 Å². The molecule has 6 heteroatoms. The Morgan fingerprint density at radius 1 is 1.38 bits per heavy atom. The van der Waals surface area contributed by atoms with E-state index in [1.807, 2.05) is 0 Å². The van der Waals surface area contributed by atoms with Crippen LogP contribution in [0.1, 0.15) is 11.6 Å². The van der Waals surface area contributed by atoms with Gasteiger partial charge >= 0.3 is 6.18 Å². The predicted octanol–water partition coefficient (Wildman–Crippen LogP) is 3.17. The minimum Gasteiger partial charge on any atom is -0.495 e. The summed E-state index contributed by atoms with van der Waals surface area (Å²) in [6.45, 7) is 0. The standard InChI is InChI=1S/C10H11ClF3NO/c1-15-9(10(12,13)14)6-3-4-7(11)8(5-6)16-2/h3-5,9,15H,1-2H3. The van der Waals surface area contributed by atoms with Crippen LogP contribution >= 0.6 is 11.6 Å². The number of ether oxygens (including phenoxy) is 1. The van der Waals surface area contributed by atoms with Gasteiger partial charge in [0.1, 0.15) is 11.8 Å². The van der Waals surface area contributed by atoms with E-state index in [9.17, 15) is 13.2 Å². The number of rotatable bonds is 3. The zero-order valence-corrected chi connectivity index (χ0v) is 9.49. The van der Waals surface area contributed by atoms with Crippen molar-refractivity contribution in [2.45, 2.75) is 12.2 Å².